The van der Waals surface area contributed by atoms with E-state index in [1.807, 2.05) is 12.1 Å². The number of ether oxygens (including phenoxy) is 1. The van der Waals surface area contributed by atoms with Crippen molar-refractivity contribution in [1.82, 2.24) is 25.1 Å². The van der Waals surface area contributed by atoms with Gasteiger partial charge in [0.25, 0.3) is 5.56 Å². The highest BCUT2D eigenvalue weighted by Gasteiger charge is 2.32. The largest absolute Gasteiger partial charge is 0.419 e. The zero-order chi connectivity index (χ0) is 25.0. The van der Waals surface area contributed by atoms with Gasteiger partial charge in [-0.3, -0.25) is 9.59 Å². The van der Waals surface area contributed by atoms with Gasteiger partial charge in [-0.05, 0) is 18.1 Å². The smallest absolute Gasteiger partial charge is 0.380 e. The number of anilines is 1. The second-order valence-corrected chi connectivity index (χ2v) is 8.39. The Morgan fingerprint density at radius 2 is 1.83 bits per heavy atom. The molecular formula is C23H25F3N6O3. The van der Waals surface area contributed by atoms with E-state index in [1.54, 1.807) is 29.0 Å². The first kappa shape index (κ1) is 24.6. The number of aromatic nitrogens is 4. The van der Waals surface area contributed by atoms with Gasteiger partial charge in [0.2, 0.25) is 11.9 Å². The van der Waals surface area contributed by atoms with E-state index in [9.17, 15) is 22.8 Å². The average Bonchev–Trinajstić information content (AvgIpc) is 2.86. The van der Waals surface area contributed by atoms with Crippen molar-refractivity contribution >= 4 is 22.6 Å². The maximum absolute atomic E-state index is 12.8. The van der Waals surface area contributed by atoms with Crippen LogP contribution in [0.5, 0.6) is 0 Å². The predicted octanol–water partition coefficient (Wildman–Crippen LogP) is 2.28. The van der Waals surface area contributed by atoms with E-state index in [4.69, 9.17) is 4.74 Å². The maximum atomic E-state index is 12.8. The monoisotopic (exact) mass is 490 g/mol. The predicted molar refractivity (Wildman–Crippen MR) is 122 cm³/mol. The number of fused-ring (bicyclic) bond motifs is 1. The lowest BCUT2D eigenvalue weighted by atomic mass is 10.1. The second kappa shape index (κ2) is 10.4. The summed E-state index contributed by atoms with van der Waals surface area (Å²) < 4.78 is 43.8. The van der Waals surface area contributed by atoms with Crippen LogP contribution in [0.25, 0.3) is 10.8 Å². The number of alkyl halides is 3. The van der Waals surface area contributed by atoms with Crippen LogP contribution in [-0.4, -0.2) is 70.4 Å². The van der Waals surface area contributed by atoms with Crippen LogP contribution in [0.15, 0.2) is 41.6 Å². The Morgan fingerprint density at radius 3 is 2.51 bits per heavy atom. The standard InChI is InChI=1S/C23H25F3N6O3/c1-15(14-35-10-5-16-3-2-4-18-19(16)13-29-30-20(18)33)21(34)31-6-8-32(9-7-31)22-27-11-17(12-28-22)23(24,25)26/h2-4,11-13,15H,5-10,14H2,1H3,(H,30,33). The molecule has 1 atom stereocenters. The topological polar surface area (TPSA) is 104 Å². The summed E-state index contributed by atoms with van der Waals surface area (Å²) in [6.45, 7) is 4.15. The van der Waals surface area contributed by atoms with Crippen molar-refractivity contribution in [3.05, 3.63) is 58.3 Å². The molecule has 1 amide bonds. The van der Waals surface area contributed by atoms with E-state index in [0.717, 1.165) is 23.3 Å². The van der Waals surface area contributed by atoms with Gasteiger partial charge in [-0.15, -0.1) is 0 Å². The quantitative estimate of drug-likeness (QED) is 0.507. The zero-order valence-corrected chi connectivity index (χ0v) is 19.1. The van der Waals surface area contributed by atoms with Gasteiger partial charge in [-0.25, -0.2) is 15.1 Å². The molecule has 0 bridgehead atoms. The van der Waals surface area contributed by atoms with E-state index in [-0.39, 0.29) is 29.9 Å². The minimum Gasteiger partial charge on any atom is -0.380 e. The molecule has 1 fully saturated rings. The molecule has 4 rings (SSSR count). The van der Waals surface area contributed by atoms with Crippen LogP contribution in [-0.2, 0) is 22.1 Å². The number of carbonyl (C=O) groups excluding carboxylic acids is 1. The van der Waals surface area contributed by atoms with Gasteiger partial charge in [0.15, 0.2) is 0 Å². The van der Waals surface area contributed by atoms with Crippen LogP contribution in [0.4, 0.5) is 19.1 Å². The number of rotatable bonds is 7. The molecule has 1 saturated heterocycles. The molecule has 3 heterocycles. The molecular weight excluding hydrogens is 465 g/mol. The van der Waals surface area contributed by atoms with Gasteiger partial charge in [-0.1, -0.05) is 19.1 Å². The van der Waals surface area contributed by atoms with Gasteiger partial charge < -0.3 is 14.5 Å². The molecule has 35 heavy (non-hydrogen) atoms. The first-order chi connectivity index (χ1) is 16.7. The van der Waals surface area contributed by atoms with Gasteiger partial charge in [0.05, 0.1) is 36.3 Å². The number of H-pyrrole nitrogens is 1. The van der Waals surface area contributed by atoms with Crippen molar-refractivity contribution in [2.24, 2.45) is 5.92 Å². The second-order valence-electron chi connectivity index (χ2n) is 8.39. The summed E-state index contributed by atoms with van der Waals surface area (Å²) in [5.74, 6) is -0.174. The summed E-state index contributed by atoms with van der Waals surface area (Å²) in [4.78, 5) is 35.8. The number of piperazine rings is 1. The molecule has 0 saturated carbocycles. The lowest BCUT2D eigenvalue weighted by Gasteiger charge is -2.36. The van der Waals surface area contributed by atoms with Crippen molar-refractivity contribution < 1.29 is 22.7 Å². The lowest BCUT2D eigenvalue weighted by molar-refractivity contribution is -0.138. The molecule has 2 aromatic heterocycles. The highest BCUT2D eigenvalue weighted by atomic mass is 19.4. The van der Waals surface area contributed by atoms with E-state index >= 15 is 0 Å². The molecule has 1 aromatic carbocycles. The van der Waals surface area contributed by atoms with Gasteiger partial charge in [-0.2, -0.15) is 18.3 Å². The van der Waals surface area contributed by atoms with Crippen molar-refractivity contribution in [3.63, 3.8) is 0 Å². The highest BCUT2D eigenvalue weighted by molar-refractivity contribution is 5.83. The number of benzene rings is 1. The summed E-state index contributed by atoms with van der Waals surface area (Å²) in [5.41, 5.74) is -0.189. The number of nitrogens with zero attached hydrogens (tertiary/aromatic N) is 5. The first-order valence-corrected chi connectivity index (χ1v) is 11.2. The fourth-order valence-electron chi connectivity index (χ4n) is 3.98. The number of nitrogens with one attached hydrogen (secondary N) is 1. The van der Waals surface area contributed by atoms with Crippen molar-refractivity contribution in [3.8, 4) is 0 Å². The molecule has 1 unspecified atom stereocenters. The molecule has 1 aliphatic heterocycles. The van der Waals surface area contributed by atoms with Crippen LogP contribution >= 0.6 is 0 Å². The van der Waals surface area contributed by atoms with Gasteiger partial charge in [0, 0.05) is 44.0 Å². The lowest BCUT2D eigenvalue weighted by Crippen LogP contribution is -2.51. The SMILES string of the molecule is CC(COCCc1cccc2c(=O)[nH]ncc12)C(=O)N1CCN(c2ncc(C(F)(F)F)cn2)CC1. The molecule has 0 aliphatic carbocycles. The number of carbonyl (C=O) groups is 1. The van der Waals surface area contributed by atoms with E-state index in [2.05, 4.69) is 20.2 Å². The Labute approximate surface area is 198 Å². The maximum Gasteiger partial charge on any atom is 0.419 e. The fourth-order valence-corrected chi connectivity index (χ4v) is 3.98. The average molecular weight is 490 g/mol. The zero-order valence-electron chi connectivity index (χ0n) is 19.1. The van der Waals surface area contributed by atoms with E-state index in [1.165, 1.54) is 0 Å². The normalized spacial score (nSPS) is 15.4. The minimum atomic E-state index is -4.48. The molecule has 12 heteroatoms. The van der Waals surface area contributed by atoms with Crippen molar-refractivity contribution in [1.29, 1.82) is 0 Å². The third-order valence-corrected chi connectivity index (χ3v) is 5.95. The number of hydrogen-bond donors (Lipinski definition) is 1. The summed E-state index contributed by atoms with van der Waals surface area (Å²) in [7, 11) is 0. The number of amides is 1. The minimum absolute atomic E-state index is 0.0427. The first-order valence-electron chi connectivity index (χ1n) is 11.2. The Hall–Kier alpha value is -3.54. The number of hydrogen-bond acceptors (Lipinski definition) is 7. The summed E-state index contributed by atoms with van der Waals surface area (Å²) in [5, 5.41) is 7.62. The Bertz CT molecular complexity index is 1220. The Balaban J connectivity index is 1.23. The molecule has 9 nitrogen and oxygen atoms in total. The summed E-state index contributed by atoms with van der Waals surface area (Å²) >= 11 is 0. The van der Waals surface area contributed by atoms with Crippen LogP contribution < -0.4 is 10.5 Å². The molecule has 1 N–H and O–H groups in total. The van der Waals surface area contributed by atoms with E-state index in [0.29, 0.717) is 44.6 Å². The van der Waals surface area contributed by atoms with Crippen molar-refractivity contribution in [2.45, 2.75) is 19.5 Å². The number of aromatic amines is 1. The van der Waals surface area contributed by atoms with E-state index < -0.39 is 11.7 Å². The summed E-state index contributed by atoms with van der Waals surface area (Å²) in [6, 6.07) is 5.47. The Kier molecular flexibility index (Phi) is 7.29. The number of halogens is 3. The Morgan fingerprint density at radius 1 is 1.11 bits per heavy atom. The van der Waals surface area contributed by atoms with Gasteiger partial charge >= 0.3 is 6.18 Å². The summed E-state index contributed by atoms with van der Waals surface area (Å²) in [6.07, 6.45) is -0.742. The molecule has 1 aliphatic rings. The molecule has 0 spiro atoms. The van der Waals surface area contributed by atoms with Crippen LogP contribution in [0.2, 0.25) is 0 Å². The molecule has 3 aromatic rings. The third kappa shape index (κ3) is 5.76. The van der Waals surface area contributed by atoms with Crippen molar-refractivity contribution in [2.75, 3.05) is 44.3 Å². The van der Waals surface area contributed by atoms with Crippen LogP contribution in [0.3, 0.4) is 0 Å². The molecule has 0 radical (unpaired) electrons. The third-order valence-electron chi connectivity index (χ3n) is 5.95. The fraction of sp³-hybridized carbons (Fsp3) is 0.435. The van der Waals surface area contributed by atoms with Gasteiger partial charge in [0.1, 0.15) is 0 Å². The van der Waals surface area contributed by atoms with Crippen LogP contribution in [0, 0.1) is 5.92 Å². The highest BCUT2D eigenvalue weighted by Crippen LogP contribution is 2.28. The van der Waals surface area contributed by atoms with Crippen LogP contribution in [0.1, 0.15) is 18.1 Å². The molecule has 186 valence electrons.